The van der Waals surface area contributed by atoms with Crippen molar-refractivity contribution in [2.24, 2.45) is 0 Å². The van der Waals surface area contributed by atoms with Crippen molar-refractivity contribution in [2.45, 2.75) is 62.0 Å². The van der Waals surface area contributed by atoms with E-state index in [0.29, 0.717) is 6.61 Å². The van der Waals surface area contributed by atoms with Crippen molar-refractivity contribution in [3.8, 4) is 0 Å². The number of ether oxygens (including phenoxy) is 8. The second kappa shape index (κ2) is 10.3. The zero-order valence-electron chi connectivity index (χ0n) is 16.3. The van der Waals surface area contributed by atoms with Crippen LogP contribution < -0.4 is 0 Å². The van der Waals surface area contributed by atoms with Crippen LogP contribution in [0.4, 0.5) is 0 Å². The van der Waals surface area contributed by atoms with Gasteiger partial charge < -0.3 is 43.0 Å². The summed E-state index contributed by atoms with van der Waals surface area (Å²) in [6, 6.07) is 0. The molecule has 9 heteroatoms. The highest BCUT2D eigenvalue weighted by Gasteiger charge is 2.50. The summed E-state index contributed by atoms with van der Waals surface area (Å²) in [6.45, 7) is 2.09. The van der Waals surface area contributed by atoms with E-state index >= 15 is 0 Å². The van der Waals surface area contributed by atoms with Crippen LogP contribution in [0.25, 0.3) is 0 Å². The van der Waals surface area contributed by atoms with E-state index in [9.17, 15) is 5.11 Å². The van der Waals surface area contributed by atoms with Crippen molar-refractivity contribution in [3.63, 3.8) is 0 Å². The van der Waals surface area contributed by atoms with Gasteiger partial charge in [0, 0.05) is 35.5 Å². The van der Waals surface area contributed by atoms with Crippen LogP contribution in [0.5, 0.6) is 0 Å². The van der Waals surface area contributed by atoms with Gasteiger partial charge in [-0.25, -0.2) is 0 Å². The Labute approximate surface area is 154 Å². The maximum absolute atomic E-state index is 9.69. The molecule has 2 saturated heterocycles. The molecule has 0 aromatic heterocycles. The molecule has 9 atom stereocenters. The van der Waals surface area contributed by atoms with Crippen LogP contribution in [0.1, 0.15) is 6.92 Å². The molecular formula is C17H32O9. The van der Waals surface area contributed by atoms with Crippen LogP contribution >= 0.6 is 0 Å². The summed E-state index contributed by atoms with van der Waals surface area (Å²) in [6.07, 6.45) is -4.19. The van der Waals surface area contributed by atoms with E-state index in [-0.39, 0.29) is 24.9 Å². The van der Waals surface area contributed by atoms with Gasteiger partial charge in [-0.05, 0) is 6.92 Å². The fraction of sp³-hybridized carbons (Fsp3) is 1.00. The number of hydrogen-bond donors (Lipinski definition) is 1. The van der Waals surface area contributed by atoms with E-state index < -0.39 is 36.8 Å². The Kier molecular flexibility index (Phi) is 8.65. The van der Waals surface area contributed by atoms with E-state index in [0.717, 1.165) is 0 Å². The fourth-order valence-electron chi connectivity index (χ4n) is 3.68. The molecule has 1 N–H and O–H groups in total. The van der Waals surface area contributed by atoms with Gasteiger partial charge in [-0.15, -0.1) is 0 Å². The van der Waals surface area contributed by atoms with Crippen molar-refractivity contribution in [1.82, 2.24) is 0 Å². The Morgan fingerprint density at radius 1 is 0.808 bits per heavy atom. The molecule has 6 unspecified atom stereocenters. The molecule has 154 valence electrons. The summed E-state index contributed by atoms with van der Waals surface area (Å²) in [4.78, 5) is 0. The molecule has 0 saturated carbocycles. The third kappa shape index (κ3) is 4.37. The minimum Gasteiger partial charge on any atom is -0.394 e. The Balaban J connectivity index is 2.21. The molecular weight excluding hydrogens is 348 g/mol. The van der Waals surface area contributed by atoms with E-state index in [1.807, 2.05) is 6.92 Å². The van der Waals surface area contributed by atoms with Crippen molar-refractivity contribution in [2.75, 3.05) is 48.8 Å². The molecule has 0 radical (unpaired) electrons. The van der Waals surface area contributed by atoms with Gasteiger partial charge in [-0.3, -0.25) is 0 Å². The maximum Gasteiger partial charge on any atom is 0.187 e. The molecule has 0 spiro atoms. The summed E-state index contributed by atoms with van der Waals surface area (Å²) in [5, 5.41) is 9.69. The molecule has 0 aromatic carbocycles. The summed E-state index contributed by atoms with van der Waals surface area (Å²) >= 11 is 0. The lowest BCUT2D eigenvalue weighted by molar-refractivity contribution is -0.343. The molecule has 0 bridgehead atoms. The SMILES string of the molecule is COC1COC(C)[C@H](O[C@@H]2OC(CO)[C@H](OC)C(OC)C2OC)C1OC. The first-order valence-corrected chi connectivity index (χ1v) is 8.73. The monoisotopic (exact) mass is 380 g/mol. The lowest BCUT2D eigenvalue weighted by Crippen LogP contribution is -2.64. The number of methoxy groups -OCH3 is 5. The van der Waals surface area contributed by atoms with Crippen molar-refractivity contribution >= 4 is 0 Å². The summed E-state index contributed by atoms with van der Waals surface area (Å²) in [7, 11) is 7.86. The molecule has 2 heterocycles. The fourth-order valence-corrected chi connectivity index (χ4v) is 3.68. The lowest BCUT2D eigenvalue weighted by Gasteiger charge is -2.47. The van der Waals surface area contributed by atoms with Crippen molar-refractivity contribution in [3.05, 3.63) is 0 Å². The van der Waals surface area contributed by atoms with Gasteiger partial charge in [-0.1, -0.05) is 0 Å². The van der Waals surface area contributed by atoms with Crippen LogP contribution in [0.3, 0.4) is 0 Å². The second-order valence-corrected chi connectivity index (χ2v) is 6.44. The molecule has 0 amide bonds. The van der Waals surface area contributed by atoms with Gasteiger partial charge >= 0.3 is 0 Å². The van der Waals surface area contributed by atoms with Crippen molar-refractivity contribution < 1.29 is 43.0 Å². The normalized spacial score (nSPS) is 44.2. The van der Waals surface area contributed by atoms with Crippen molar-refractivity contribution in [1.29, 1.82) is 0 Å². The molecule has 26 heavy (non-hydrogen) atoms. The highest BCUT2D eigenvalue weighted by Crippen LogP contribution is 2.31. The first-order valence-electron chi connectivity index (χ1n) is 8.73. The van der Waals surface area contributed by atoms with E-state index in [2.05, 4.69) is 0 Å². The van der Waals surface area contributed by atoms with Crippen LogP contribution in [0.15, 0.2) is 0 Å². The zero-order valence-corrected chi connectivity index (χ0v) is 16.3. The first-order chi connectivity index (χ1) is 12.6. The first kappa shape index (κ1) is 21.9. The van der Waals surface area contributed by atoms with E-state index in [1.54, 1.807) is 28.4 Å². The topological polar surface area (TPSA) is 94.1 Å². The van der Waals surface area contributed by atoms with Gasteiger partial charge in [0.2, 0.25) is 0 Å². The highest BCUT2D eigenvalue weighted by molar-refractivity contribution is 4.94. The quantitative estimate of drug-likeness (QED) is 0.603. The second-order valence-electron chi connectivity index (χ2n) is 6.44. The molecule has 2 aliphatic heterocycles. The summed E-state index contributed by atoms with van der Waals surface area (Å²) in [5.74, 6) is 0. The van der Waals surface area contributed by atoms with Gasteiger partial charge in [-0.2, -0.15) is 0 Å². The van der Waals surface area contributed by atoms with Gasteiger partial charge in [0.05, 0.1) is 19.3 Å². The number of rotatable bonds is 8. The van der Waals surface area contributed by atoms with Crippen LogP contribution in [-0.2, 0) is 37.9 Å². The minimum atomic E-state index is -0.794. The molecule has 9 nitrogen and oxygen atoms in total. The Bertz CT molecular complexity index is 410. The van der Waals surface area contributed by atoms with Crippen LogP contribution in [-0.4, -0.2) is 109 Å². The number of aliphatic hydroxyl groups excluding tert-OH is 1. The maximum atomic E-state index is 9.69. The number of aliphatic hydroxyl groups is 1. The van der Waals surface area contributed by atoms with Gasteiger partial charge in [0.15, 0.2) is 6.29 Å². The average molecular weight is 380 g/mol. The Morgan fingerprint density at radius 3 is 1.92 bits per heavy atom. The lowest BCUT2D eigenvalue weighted by atomic mass is 9.97. The summed E-state index contributed by atoms with van der Waals surface area (Å²) < 4.78 is 45.6. The Hall–Kier alpha value is -0.360. The predicted octanol–water partition coefficient (Wildman–Crippen LogP) is -0.417. The summed E-state index contributed by atoms with van der Waals surface area (Å²) in [5.41, 5.74) is 0. The average Bonchev–Trinajstić information content (AvgIpc) is 2.67. The highest BCUT2D eigenvalue weighted by atomic mass is 16.7. The third-order valence-corrected chi connectivity index (χ3v) is 5.13. The Morgan fingerprint density at radius 2 is 1.42 bits per heavy atom. The molecule has 0 aromatic rings. The molecule has 2 fully saturated rings. The smallest absolute Gasteiger partial charge is 0.187 e. The predicted molar refractivity (Wildman–Crippen MR) is 90.0 cm³/mol. The van der Waals surface area contributed by atoms with E-state index in [4.69, 9.17) is 37.9 Å². The molecule has 0 aliphatic carbocycles. The van der Waals surface area contributed by atoms with Gasteiger partial charge in [0.1, 0.15) is 42.7 Å². The third-order valence-electron chi connectivity index (χ3n) is 5.13. The molecule has 2 aliphatic rings. The zero-order chi connectivity index (χ0) is 19.3. The van der Waals surface area contributed by atoms with E-state index in [1.165, 1.54) is 7.11 Å². The minimum absolute atomic E-state index is 0.235. The standard InChI is InChI=1S/C17H32O9/c1-9-12(14(21-4)11(19-2)8-24-9)26-17-16(23-6)15(22-5)13(20-3)10(7-18)25-17/h9-18H,7-8H2,1-6H3/t9?,10?,11?,12-,13-,14?,15?,16?,17-/m0/s1. The van der Waals surface area contributed by atoms with Crippen LogP contribution in [0, 0.1) is 0 Å². The number of hydrogen-bond acceptors (Lipinski definition) is 9. The van der Waals surface area contributed by atoms with Gasteiger partial charge in [0.25, 0.3) is 0 Å². The van der Waals surface area contributed by atoms with Crippen LogP contribution in [0.2, 0.25) is 0 Å². The molecule has 2 rings (SSSR count). The largest absolute Gasteiger partial charge is 0.394 e.